The van der Waals surface area contributed by atoms with Crippen LogP contribution in [0.1, 0.15) is 32.8 Å². The molecule has 1 aromatic rings. The molecule has 1 aliphatic rings. The molecule has 0 aromatic carbocycles. The van der Waals surface area contributed by atoms with Gasteiger partial charge in [0.25, 0.3) is 5.69 Å². The summed E-state index contributed by atoms with van der Waals surface area (Å²) >= 11 is 0. The minimum absolute atomic E-state index is 0.0531. The molecule has 2 atom stereocenters. The monoisotopic (exact) mass is 293 g/mol. The standard InChI is InChI=1S/C15H23N3O3/c1-10-7-13(17-9-12(10)18(19)20)16-8-11-5-6-21-14(11)15(2,3)4/h7,9,11,14H,5-6,8H2,1-4H3,(H,16,17). The van der Waals surface area contributed by atoms with E-state index >= 15 is 0 Å². The molecule has 1 N–H and O–H groups in total. The van der Waals surface area contributed by atoms with Crippen molar-refractivity contribution in [1.82, 2.24) is 4.98 Å². The lowest BCUT2D eigenvalue weighted by molar-refractivity contribution is -0.385. The maximum atomic E-state index is 10.8. The van der Waals surface area contributed by atoms with E-state index in [2.05, 4.69) is 31.1 Å². The number of aromatic nitrogens is 1. The number of hydrogen-bond donors (Lipinski definition) is 1. The zero-order chi connectivity index (χ0) is 15.6. The molecule has 0 amide bonds. The quantitative estimate of drug-likeness (QED) is 0.681. The van der Waals surface area contributed by atoms with E-state index in [-0.39, 0.29) is 17.2 Å². The molecular weight excluding hydrogens is 270 g/mol. The van der Waals surface area contributed by atoms with Gasteiger partial charge >= 0.3 is 0 Å². The van der Waals surface area contributed by atoms with Crippen molar-refractivity contribution in [3.05, 3.63) is 27.9 Å². The highest BCUT2D eigenvalue weighted by atomic mass is 16.6. The molecule has 0 radical (unpaired) electrons. The number of anilines is 1. The average Bonchev–Trinajstić information content (AvgIpc) is 2.84. The van der Waals surface area contributed by atoms with Gasteiger partial charge in [-0.15, -0.1) is 0 Å². The SMILES string of the molecule is Cc1cc(NCC2CCOC2C(C)(C)C)ncc1[N+](=O)[O-]. The smallest absolute Gasteiger partial charge is 0.290 e. The van der Waals surface area contributed by atoms with E-state index in [4.69, 9.17) is 4.74 Å². The van der Waals surface area contributed by atoms with Crippen molar-refractivity contribution >= 4 is 11.5 Å². The van der Waals surface area contributed by atoms with Gasteiger partial charge in [-0.05, 0) is 24.8 Å². The molecule has 0 bridgehead atoms. The number of hydrogen-bond acceptors (Lipinski definition) is 5. The Morgan fingerprint density at radius 3 is 2.81 bits per heavy atom. The highest BCUT2D eigenvalue weighted by Gasteiger charge is 2.36. The third-order valence-corrected chi connectivity index (χ3v) is 3.89. The molecule has 2 heterocycles. The number of pyridine rings is 1. The molecule has 116 valence electrons. The van der Waals surface area contributed by atoms with E-state index in [0.717, 1.165) is 19.6 Å². The first kappa shape index (κ1) is 15.7. The van der Waals surface area contributed by atoms with E-state index in [9.17, 15) is 10.1 Å². The van der Waals surface area contributed by atoms with E-state index in [1.165, 1.54) is 6.20 Å². The van der Waals surface area contributed by atoms with Gasteiger partial charge in [0.1, 0.15) is 12.0 Å². The molecule has 0 spiro atoms. The highest BCUT2D eigenvalue weighted by Crippen LogP contribution is 2.34. The molecule has 2 rings (SSSR count). The van der Waals surface area contributed by atoms with Gasteiger partial charge in [-0.3, -0.25) is 10.1 Å². The van der Waals surface area contributed by atoms with Gasteiger partial charge in [-0.25, -0.2) is 4.98 Å². The Labute approximate surface area is 125 Å². The van der Waals surface area contributed by atoms with Crippen LogP contribution in [-0.2, 0) is 4.74 Å². The zero-order valence-electron chi connectivity index (χ0n) is 13.0. The van der Waals surface area contributed by atoms with Crippen molar-refractivity contribution in [2.24, 2.45) is 11.3 Å². The maximum absolute atomic E-state index is 10.8. The van der Waals surface area contributed by atoms with Crippen LogP contribution >= 0.6 is 0 Å². The van der Waals surface area contributed by atoms with Gasteiger partial charge < -0.3 is 10.1 Å². The number of nitrogens with one attached hydrogen (secondary N) is 1. The van der Waals surface area contributed by atoms with Crippen molar-refractivity contribution in [1.29, 1.82) is 0 Å². The Kier molecular flexibility index (Phi) is 4.46. The Hall–Kier alpha value is -1.69. The van der Waals surface area contributed by atoms with Crippen molar-refractivity contribution in [3.63, 3.8) is 0 Å². The lowest BCUT2D eigenvalue weighted by Gasteiger charge is -2.31. The number of aryl methyl sites for hydroxylation is 1. The third kappa shape index (κ3) is 3.69. The van der Waals surface area contributed by atoms with Gasteiger partial charge in [-0.2, -0.15) is 0 Å². The van der Waals surface area contributed by atoms with Crippen molar-refractivity contribution < 1.29 is 9.66 Å². The lowest BCUT2D eigenvalue weighted by atomic mass is 9.81. The summed E-state index contributed by atoms with van der Waals surface area (Å²) < 4.78 is 5.84. The topological polar surface area (TPSA) is 77.3 Å². The fourth-order valence-electron chi connectivity index (χ4n) is 2.87. The molecule has 1 aliphatic heterocycles. The molecule has 6 nitrogen and oxygen atoms in total. The summed E-state index contributed by atoms with van der Waals surface area (Å²) in [7, 11) is 0. The fraction of sp³-hybridized carbons (Fsp3) is 0.667. The van der Waals surface area contributed by atoms with Crippen LogP contribution in [0.5, 0.6) is 0 Å². The number of ether oxygens (including phenoxy) is 1. The summed E-state index contributed by atoms with van der Waals surface area (Å²) in [4.78, 5) is 14.5. The maximum Gasteiger partial charge on any atom is 0.290 e. The second-order valence-electron chi connectivity index (χ2n) is 6.70. The molecular formula is C15H23N3O3. The van der Waals surface area contributed by atoms with Crippen LogP contribution in [0, 0.1) is 28.4 Å². The fourth-order valence-corrected chi connectivity index (χ4v) is 2.87. The van der Waals surface area contributed by atoms with E-state index in [0.29, 0.717) is 17.3 Å². The molecule has 6 heteroatoms. The number of nitrogens with zero attached hydrogens (tertiary/aromatic N) is 2. The second-order valence-corrected chi connectivity index (χ2v) is 6.70. The summed E-state index contributed by atoms with van der Waals surface area (Å²) in [6, 6.07) is 1.72. The van der Waals surface area contributed by atoms with E-state index < -0.39 is 4.92 Å². The van der Waals surface area contributed by atoms with Gasteiger partial charge in [0, 0.05) is 24.6 Å². The minimum atomic E-state index is -0.410. The molecule has 21 heavy (non-hydrogen) atoms. The summed E-state index contributed by atoms with van der Waals surface area (Å²) in [5.74, 6) is 1.11. The van der Waals surface area contributed by atoms with Gasteiger partial charge in [0.05, 0.1) is 11.0 Å². The Morgan fingerprint density at radius 2 is 2.24 bits per heavy atom. The van der Waals surface area contributed by atoms with Crippen LogP contribution in [0.3, 0.4) is 0 Å². The van der Waals surface area contributed by atoms with Crippen LogP contribution in [0.2, 0.25) is 0 Å². The number of nitro groups is 1. The van der Waals surface area contributed by atoms with Crippen LogP contribution < -0.4 is 5.32 Å². The van der Waals surface area contributed by atoms with E-state index in [1.54, 1.807) is 13.0 Å². The third-order valence-electron chi connectivity index (χ3n) is 3.89. The second kappa shape index (κ2) is 5.97. The summed E-state index contributed by atoms with van der Waals surface area (Å²) in [5, 5.41) is 14.1. The van der Waals surface area contributed by atoms with Crippen LogP contribution in [0.4, 0.5) is 11.5 Å². The molecule has 1 saturated heterocycles. The van der Waals surface area contributed by atoms with Crippen molar-refractivity contribution in [3.8, 4) is 0 Å². The molecule has 1 aromatic heterocycles. The minimum Gasteiger partial charge on any atom is -0.377 e. The van der Waals surface area contributed by atoms with Crippen LogP contribution in [0.25, 0.3) is 0 Å². The summed E-state index contributed by atoms with van der Waals surface area (Å²) in [5.41, 5.74) is 0.784. The summed E-state index contributed by atoms with van der Waals surface area (Å²) in [6.07, 6.45) is 2.56. The van der Waals surface area contributed by atoms with Crippen LogP contribution in [-0.4, -0.2) is 29.2 Å². The van der Waals surface area contributed by atoms with Crippen molar-refractivity contribution in [2.45, 2.75) is 40.2 Å². The largest absolute Gasteiger partial charge is 0.377 e. The molecule has 2 unspecified atom stereocenters. The van der Waals surface area contributed by atoms with Gasteiger partial charge in [0.2, 0.25) is 0 Å². The first-order valence-corrected chi connectivity index (χ1v) is 7.25. The Morgan fingerprint density at radius 1 is 1.52 bits per heavy atom. The van der Waals surface area contributed by atoms with E-state index in [1.807, 2.05) is 0 Å². The lowest BCUT2D eigenvalue weighted by Crippen LogP contribution is -2.34. The molecule has 0 aliphatic carbocycles. The number of rotatable bonds is 4. The first-order valence-electron chi connectivity index (χ1n) is 7.25. The average molecular weight is 293 g/mol. The van der Waals surface area contributed by atoms with Gasteiger partial charge in [-0.1, -0.05) is 20.8 Å². The predicted molar refractivity (Wildman–Crippen MR) is 81.4 cm³/mol. The zero-order valence-corrected chi connectivity index (χ0v) is 13.0. The summed E-state index contributed by atoms with van der Waals surface area (Å²) in [6.45, 7) is 9.84. The molecule has 0 saturated carbocycles. The molecule has 1 fully saturated rings. The van der Waals surface area contributed by atoms with Crippen LogP contribution in [0.15, 0.2) is 12.3 Å². The highest BCUT2D eigenvalue weighted by molar-refractivity contribution is 5.46. The Bertz CT molecular complexity index is 525. The first-order chi connectivity index (χ1) is 9.79. The van der Waals surface area contributed by atoms with Crippen molar-refractivity contribution in [2.75, 3.05) is 18.5 Å². The van der Waals surface area contributed by atoms with Gasteiger partial charge in [0.15, 0.2) is 0 Å². The Balaban J connectivity index is 2.00. The predicted octanol–water partition coefficient (Wildman–Crippen LogP) is 3.16. The normalized spacial score (nSPS) is 22.3.